The Bertz CT molecular complexity index is 744. The summed E-state index contributed by atoms with van der Waals surface area (Å²) in [6, 6.07) is 16.4. The van der Waals surface area contributed by atoms with Crippen LogP contribution in [0.15, 0.2) is 54.7 Å². The third-order valence-electron chi connectivity index (χ3n) is 3.59. The molecular weight excluding hydrogens is 246 g/mol. The summed E-state index contributed by atoms with van der Waals surface area (Å²) < 4.78 is 5.90. The van der Waals surface area contributed by atoms with Crippen molar-refractivity contribution < 1.29 is 4.74 Å². The molecule has 1 heterocycles. The van der Waals surface area contributed by atoms with Crippen LogP contribution in [0, 0.1) is 13.8 Å². The summed E-state index contributed by atoms with van der Waals surface area (Å²) >= 11 is 0. The molecule has 3 rings (SSSR count). The topological polar surface area (TPSA) is 22.1 Å². The zero-order chi connectivity index (χ0) is 13.9. The molecule has 1 aromatic heterocycles. The van der Waals surface area contributed by atoms with Crippen LogP contribution in [0.3, 0.4) is 0 Å². The third-order valence-corrected chi connectivity index (χ3v) is 3.59. The minimum absolute atomic E-state index is 0.539. The number of hydrogen-bond donors (Lipinski definition) is 0. The van der Waals surface area contributed by atoms with Crippen LogP contribution in [0.2, 0.25) is 0 Å². The van der Waals surface area contributed by atoms with Gasteiger partial charge < -0.3 is 4.74 Å². The van der Waals surface area contributed by atoms with E-state index in [1.54, 1.807) is 0 Å². The Kier molecular flexibility index (Phi) is 3.38. The van der Waals surface area contributed by atoms with Crippen LogP contribution in [-0.2, 0) is 6.61 Å². The monoisotopic (exact) mass is 263 g/mol. The molecule has 0 aliphatic rings. The van der Waals surface area contributed by atoms with Crippen molar-refractivity contribution in [3.05, 3.63) is 71.4 Å². The number of rotatable bonds is 3. The van der Waals surface area contributed by atoms with Crippen molar-refractivity contribution in [2.45, 2.75) is 20.5 Å². The average Bonchev–Trinajstić information content (AvgIpc) is 2.48. The summed E-state index contributed by atoms with van der Waals surface area (Å²) in [6.07, 6.45) is 1.82. The fourth-order valence-electron chi connectivity index (χ4n) is 2.25. The summed E-state index contributed by atoms with van der Waals surface area (Å²) in [5.74, 6) is 0.904. The first kappa shape index (κ1) is 12.7. The lowest BCUT2D eigenvalue weighted by molar-refractivity contribution is 0.307. The molecule has 2 heteroatoms. The van der Waals surface area contributed by atoms with Gasteiger partial charge in [0.2, 0.25) is 0 Å². The van der Waals surface area contributed by atoms with Crippen LogP contribution in [0.25, 0.3) is 10.9 Å². The van der Waals surface area contributed by atoms with Crippen LogP contribution >= 0.6 is 0 Å². The van der Waals surface area contributed by atoms with Crippen LogP contribution in [0.1, 0.15) is 16.7 Å². The van der Waals surface area contributed by atoms with E-state index in [1.165, 1.54) is 11.1 Å². The molecule has 0 unspecified atom stereocenters. The first-order valence-electron chi connectivity index (χ1n) is 6.77. The van der Waals surface area contributed by atoms with Gasteiger partial charge in [0.1, 0.15) is 12.4 Å². The van der Waals surface area contributed by atoms with Gasteiger partial charge in [-0.3, -0.25) is 4.98 Å². The van der Waals surface area contributed by atoms with Crippen molar-refractivity contribution in [1.29, 1.82) is 0 Å². The zero-order valence-corrected chi connectivity index (χ0v) is 11.8. The number of pyridine rings is 1. The van der Waals surface area contributed by atoms with Crippen molar-refractivity contribution in [2.24, 2.45) is 0 Å². The highest BCUT2D eigenvalue weighted by Crippen LogP contribution is 2.20. The van der Waals surface area contributed by atoms with Crippen LogP contribution in [-0.4, -0.2) is 4.98 Å². The first-order chi connectivity index (χ1) is 9.74. The van der Waals surface area contributed by atoms with E-state index in [4.69, 9.17) is 4.74 Å². The highest BCUT2D eigenvalue weighted by molar-refractivity contribution is 5.81. The van der Waals surface area contributed by atoms with Crippen LogP contribution < -0.4 is 4.74 Å². The lowest BCUT2D eigenvalue weighted by atomic mass is 10.1. The van der Waals surface area contributed by atoms with E-state index in [0.717, 1.165) is 22.2 Å². The van der Waals surface area contributed by atoms with E-state index in [2.05, 4.69) is 49.2 Å². The molecule has 20 heavy (non-hydrogen) atoms. The number of fused-ring (bicyclic) bond motifs is 1. The lowest BCUT2D eigenvalue weighted by Gasteiger charge is -2.10. The summed E-state index contributed by atoms with van der Waals surface area (Å²) in [5, 5.41) is 1.15. The van der Waals surface area contributed by atoms with E-state index in [1.807, 2.05) is 24.4 Å². The number of benzene rings is 2. The van der Waals surface area contributed by atoms with E-state index >= 15 is 0 Å². The molecule has 0 fully saturated rings. The summed E-state index contributed by atoms with van der Waals surface area (Å²) in [6.45, 7) is 4.74. The van der Waals surface area contributed by atoms with Crippen molar-refractivity contribution in [3.8, 4) is 5.75 Å². The van der Waals surface area contributed by atoms with E-state index in [0.29, 0.717) is 6.61 Å². The van der Waals surface area contributed by atoms with Crippen molar-refractivity contribution in [1.82, 2.24) is 4.98 Å². The SMILES string of the molecule is Cc1ccc(OCc2cccc3cccnc23)cc1C. The standard InChI is InChI=1S/C18H17NO/c1-13-8-9-17(11-14(13)2)20-12-16-6-3-5-15-7-4-10-19-18(15)16/h3-11H,12H2,1-2H3. The van der Waals surface area contributed by atoms with E-state index < -0.39 is 0 Å². The molecule has 0 saturated heterocycles. The first-order valence-corrected chi connectivity index (χ1v) is 6.77. The molecule has 2 nitrogen and oxygen atoms in total. The van der Waals surface area contributed by atoms with Gasteiger partial charge >= 0.3 is 0 Å². The second-order valence-electron chi connectivity index (χ2n) is 5.03. The second-order valence-corrected chi connectivity index (χ2v) is 5.03. The quantitative estimate of drug-likeness (QED) is 0.697. The van der Waals surface area contributed by atoms with Crippen molar-refractivity contribution >= 4 is 10.9 Å². The number of aromatic nitrogens is 1. The van der Waals surface area contributed by atoms with Gasteiger partial charge in [0.15, 0.2) is 0 Å². The molecule has 3 aromatic rings. The fraction of sp³-hybridized carbons (Fsp3) is 0.167. The van der Waals surface area contributed by atoms with Gasteiger partial charge in [0, 0.05) is 17.1 Å². The molecule has 2 aromatic carbocycles. The summed E-state index contributed by atoms with van der Waals surface area (Å²) in [7, 11) is 0. The van der Waals surface area contributed by atoms with E-state index in [-0.39, 0.29) is 0 Å². The van der Waals surface area contributed by atoms with Gasteiger partial charge in [-0.05, 0) is 43.2 Å². The lowest BCUT2D eigenvalue weighted by Crippen LogP contribution is -1.98. The molecule has 0 radical (unpaired) electrons. The van der Waals surface area contributed by atoms with Crippen molar-refractivity contribution in [3.63, 3.8) is 0 Å². The smallest absolute Gasteiger partial charge is 0.120 e. The minimum atomic E-state index is 0.539. The molecule has 0 N–H and O–H groups in total. The highest BCUT2D eigenvalue weighted by atomic mass is 16.5. The third kappa shape index (κ3) is 2.50. The van der Waals surface area contributed by atoms with E-state index in [9.17, 15) is 0 Å². The molecule has 0 aliphatic heterocycles. The molecule has 0 amide bonds. The maximum Gasteiger partial charge on any atom is 0.120 e. The number of para-hydroxylation sites is 1. The predicted molar refractivity (Wildman–Crippen MR) is 82.0 cm³/mol. The summed E-state index contributed by atoms with van der Waals surface area (Å²) in [4.78, 5) is 4.45. The highest BCUT2D eigenvalue weighted by Gasteiger charge is 2.03. The molecule has 0 aliphatic carbocycles. The predicted octanol–water partition coefficient (Wildman–Crippen LogP) is 4.43. The number of hydrogen-bond acceptors (Lipinski definition) is 2. The van der Waals surface area contributed by atoms with Gasteiger partial charge in [-0.2, -0.15) is 0 Å². The average molecular weight is 263 g/mol. The normalized spacial score (nSPS) is 10.7. The maximum absolute atomic E-state index is 5.90. The van der Waals surface area contributed by atoms with Gasteiger partial charge in [0.05, 0.1) is 5.52 Å². The fourth-order valence-corrected chi connectivity index (χ4v) is 2.25. The number of nitrogens with zero attached hydrogens (tertiary/aromatic N) is 1. The molecule has 0 atom stereocenters. The van der Waals surface area contributed by atoms with Gasteiger partial charge in [-0.25, -0.2) is 0 Å². The Hall–Kier alpha value is -2.35. The molecular formula is C18H17NO. The largest absolute Gasteiger partial charge is 0.489 e. The Morgan fingerprint density at radius 3 is 2.65 bits per heavy atom. The molecule has 100 valence electrons. The number of aryl methyl sites for hydroxylation is 2. The summed E-state index contributed by atoms with van der Waals surface area (Å²) in [5.41, 5.74) is 4.66. The Labute approximate surface area is 119 Å². The number of ether oxygens (including phenoxy) is 1. The Balaban J connectivity index is 1.85. The second kappa shape index (κ2) is 5.33. The minimum Gasteiger partial charge on any atom is -0.489 e. The maximum atomic E-state index is 5.90. The molecule has 0 saturated carbocycles. The van der Waals surface area contributed by atoms with Crippen molar-refractivity contribution in [2.75, 3.05) is 0 Å². The van der Waals surface area contributed by atoms with Gasteiger partial charge in [-0.15, -0.1) is 0 Å². The van der Waals surface area contributed by atoms with Gasteiger partial charge in [0.25, 0.3) is 0 Å². The Morgan fingerprint density at radius 2 is 1.80 bits per heavy atom. The van der Waals surface area contributed by atoms with Gasteiger partial charge in [-0.1, -0.05) is 30.3 Å². The zero-order valence-electron chi connectivity index (χ0n) is 11.8. The van der Waals surface area contributed by atoms with Crippen LogP contribution in [0.4, 0.5) is 0 Å². The Morgan fingerprint density at radius 1 is 0.950 bits per heavy atom. The molecule has 0 spiro atoms. The van der Waals surface area contributed by atoms with Crippen LogP contribution in [0.5, 0.6) is 5.75 Å². The molecule has 0 bridgehead atoms.